The Morgan fingerprint density at radius 1 is 0.574 bits per heavy atom. The van der Waals surface area contributed by atoms with Gasteiger partial charge < -0.3 is 27.9 Å². The Morgan fingerprint density at radius 2 is 0.957 bits per heavy atom. The van der Waals surface area contributed by atoms with Crippen molar-refractivity contribution in [1.29, 1.82) is 0 Å². The van der Waals surface area contributed by atoms with Crippen molar-refractivity contribution in [1.82, 2.24) is 0 Å². The van der Waals surface area contributed by atoms with E-state index in [9.17, 15) is 19.0 Å². The molecule has 0 bridgehead atoms. The lowest BCUT2D eigenvalue weighted by Crippen LogP contribution is -2.37. The van der Waals surface area contributed by atoms with Crippen molar-refractivity contribution in [2.24, 2.45) is 0 Å². The van der Waals surface area contributed by atoms with Gasteiger partial charge in [0.15, 0.2) is 6.10 Å². The van der Waals surface area contributed by atoms with E-state index in [4.69, 9.17) is 18.5 Å². The van der Waals surface area contributed by atoms with Crippen molar-refractivity contribution in [3.63, 3.8) is 0 Å². The second-order valence-corrected chi connectivity index (χ2v) is 15.7. The largest absolute Gasteiger partial charge is 0.756 e. The van der Waals surface area contributed by atoms with Crippen LogP contribution < -0.4 is 4.89 Å². The molecule has 0 amide bonds. The van der Waals surface area contributed by atoms with Gasteiger partial charge in [0.25, 0.3) is 7.82 Å². The quantitative estimate of drug-likeness (QED) is 0.0280. The molecule has 0 aliphatic carbocycles. The van der Waals surface area contributed by atoms with Crippen LogP contribution in [-0.2, 0) is 32.7 Å². The molecular weight excluding hydrogens is 617 g/mol. The monoisotopic (exact) mass is 692 g/mol. The first kappa shape index (κ1) is 46.0. The second-order valence-electron chi connectivity index (χ2n) is 14.3. The van der Waals surface area contributed by atoms with Crippen LogP contribution in [0.25, 0.3) is 0 Å². The molecular formula is C37H74NO8P. The molecule has 0 N–H and O–H groups in total. The highest BCUT2D eigenvalue weighted by Gasteiger charge is 2.21. The third kappa shape index (κ3) is 34.7. The first-order valence-corrected chi connectivity index (χ1v) is 20.7. The standard InChI is InChI=1S/C37H74NO8P/c1-6-8-10-12-14-16-18-19-20-22-24-26-28-30-37(40)46-35(34-45-47(41,42)44-32-31-38(3,4)5)33-43-36(39)29-27-25-23-21-17-15-13-11-9-7-2/h35H,6-34H2,1-5H3. The predicted octanol–water partition coefficient (Wildman–Crippen LogP) is 9.44. The van der Waals surface area contributed by atoms with Gasteiger partial charge in [-0.1, -0.05) is 149 Å². The minimum absolute atomic E-state index is 0.0262. The van der Waals surface area contributed by atoms with E-state index in [1.807, 2.05) is 21.1 Å². The Kier molecular flexibility index (Phi) is 30.4. The maximum Gasteiger partial charge on any atom is 0.306 e. The van der Waals surface area contributed by atoms with E-state index in [0.717, 1.165) is 32.1 Å². The lowest BCUT2D eigenvalue weighted by Gasteiger charge is -2.28. The Balaban J connectivity index is 4.41. The number of phosphoric acid groups is 1. The average Bonchev–Trinajstić information content (AvgIpc) is 3.01. The summed E-state index contributed by atoms with van der Waals surface area (Å²) in [6, 6.07) is 0. The number of carbonyl (C=O) groups excluding carboxylic acids is 2. The van der Waals surface area contributed by atoms with Gasteiger partial charge in [-0.2, -0.15) is 0 Å². The van der Waals surface area contributed by atoms with E-state index in [1.54, 1.807) is 0 Å². The number of rotatable bonds is 35. The van der Waals surface area contributed by atoms with Gasteiger partial charge in [-0.05, 0) is 12.8 Å². The van der Waals surface area contributed by atoms with Gasteiger partial charge in [-0.3, -0.25) is 14.2 Å². The summed E-state index contributed by atoms with van der Waals surface area (Å²) in [4.78, 5) is 37.2. The molecule has 0 saturated heterocycles. The third-order valence-corrected chi connectivity index (χ3v) is 9.34. The van der Waals surface area contributed by atoms with Crippen LogP contribution in [0.2, 0.25) is 0 Å². The fraction of sp³-hybridized carbons (Fsp3) is 0.946. The van der Waals surface area contributed by atoms with Gasteiger partial charge in [0.2, 0.25) is 0 Å². The van der Waals surface area contributed by atoms with Crippen molar-refractivity contribution in [3.8, 4) is 0 Å². The van der Waals surface area contributed by atoms with Crippen LogP contribution in [0.1, 0.15) is 174 Å². The van der Waals surface area contributed by atoms with Crippen LogP contribution in [-0.4, -0.2) is 70.0 Å². The summed E-state index contributed by atoms with van der Waals surface area (Å²) in [6.45, 7) is 4.21. The zero-order valence-electron chi connectivity index (χ0n) is 31.2. The van der Waals surface area contributed by atoms with E-state index in [0.29, 0.717) is 17.4 Å². The number of quaternary nitrogens is 1. The Hall–Kier alpha value is -0.990. The topological polar surface area (TPSA) is 111 Å². The summed E-state index contributed by atoms with van der Waals surface area (Å²) in [5.74, 6) is -0.828. The average molecular weight is 692 g/mol. The Bertz CT molecular complexity index is 789. The Labute approximate surface area is 289 Å². The van der Waals surface area contributed by atoms with E-state index < -0.39 is 26.5 Å². The molecule has 2 atom stereocenters. The van der Waals surface area contributed by atoms with Gasteiger partial charge in [0.1, 0.15) is 19.8 Å². The molecule has 47 heavy (non-hydrogen) atoms. The number of phosphoric ester groups is 1. The van der Waals surface area contributed by atoms with Crippen molar-refractivity contribution in [2.75, 3.05) is 47.5 Å². The lowest BCUT2D eigenvalue weighted by molar-refractivity contribution is -0.870. The first-order chi connectivity index (χ1) is 22.5. The SMILES string of the molecule is CCCCCCCCCCCCCCCC(=O)OC(COC(=O)CCCCCCCCCCCC)COP(=O)([O-])OCC[N+](C)(C)C. The van der Waals surface area contributed by atoms with E-state index in [2.05, 4.69) is 13.8 Å². The molecule has 0 radical (unpaired) electrons. The molecule has 0 fully saturated rings. The molecule has 10 heteroatoms. The van der Waals surface area contributed by atoms with E-state index in [-0.39, 0.29) is 32.0 Å². The highest BCUT2D eigenvalue weighted by atomic mass is 31.2. The van der Waals surface area contributed by atoms with Gasteiger partial charge >= 0.3 is 11.9 Å². The molecule has 0 heterocycles. The number of esters is 2. The summed E-state index contributed by atoms with van der Waals surface area (Å²) in [7, 11) is 1.18. The second kappa shape index (κ2) is 31.0. The molecule has 0 aliphatic rings. The summed E-state index contributed by atoms with van der Waals surface area (Å²) < 4.78 is 33.7. The third-order valence-electron chi connectivity index (χ3n) is 8.38. The van der Waals surface area contributed by atoms with Crippen LogP contribution in [0.5, 0.6) is 0 Å². The van der Waals surface area contributed by atoms with Gasteiger partial charge in [0.05, 0.1) is 27.7 Å². The van der Waals surface area contributed by atoms with Crippen LogP contribution >= 0.6 is 7.82 Å². The molecule has 0 aromatic carbocycles. The molecule has 9 nitrogen and oxygen atoms in total. The van der Waals surface area contributed by atoms with E-state index in [1.165, 1.54) is 109 Å². The normalized spacial score (nSPS) is 13.7. The number of likely N-dealkylation sites (N-methyl/N-ethyl adjacent to an activating group) is 1. The number of unbranched alkanes of at least 4 members (excludes halogenated alkanes) is 21. The molecule has 2 unspecified atom stereocenters. The van der Waals surface area contributed by atoms with Crippen LogP contribution in [0, 0.1) is 0 Å². The molecule has 0 aliphatic heterocycles. The van der Waals surface area contributed by atoms with Crippen molar-refractivity contribution < 1.29 is 42.1 Å². The summed E-state index contributed by atoms with van der Waals surface area (Å²) >= 11 is 0. The number of ether oxygens (including phenoxy) is 2. The minimum Gasteiger partial charge on any atom is -0.756 e. The van der Waals surface area contributed by atoms with Crippen LogP contribution in [0.4, 0.5) is 0 Å². The molecule has 280 valence electrons. The van der Waals surface area contributed by atoms with Gasteiger partial charge in [-0.15, -0.1) is 0 Å². The first-order valence-electron chi connectivity index (χ1n) is 19.2. The van der Waals surface area contributed by atoms with Crippen molar-refractivity contribution in [3.05, 3.63) is 0 Å². The molecule has 0 aromatic heterocycles. The zero-order valence-corrected chi connectivity index (χ0v) is 32.1. The molecule has 0 aromatic rings. The maximum atomic E-state index is 12.6. The Morgan fingerprint density at radius 3 is 1.36 bits per heavy atom. The summed E-state index contributed by atoms with van der Waals surface area (Å²) in [6.07, 6.45) is 27.0. The summed E-state index contributed by atoms with van der Waals surface area (Å²) in [5, 5.41) is 0. The maximum absolute atomic E-state index is 12.6. The molecule has 0 spiro atoms. The van der Waals surface area contributed by atoms with Crippen molar-refractivity contribution >= 4 is 19.8 Å². The number of carbonyl (C=O) groups is 2. The lowest BCUT2D eigenvalue weighted by atomic mass is 10.0. The highest BCUT2D eigenvalue weighted by Crippen LogP contribution is 2.38. The van der Waals surface area contributed by atoms with Crippen molar-refractivity contribution in [2.45, 2.75) is 180 Å². The zero-order chi connectivity index (χ0) is 35.1. The fourth-order valence-corrected chi connectivity index (χ4v) is 6.03. The smallest absolute Gasteiger partial charge is 0.306 e. The number of hydrogen-bond donors (Lipinski definition) is 0. The highest BCUT2D eigenvalue weighted by molar-refractivity contribution is 7.45. The van der Waals surface area contributed by atoms with Gasteiger partial charge in [-0.25, -0.2) is 0 Å². The minimum atomic E-state index is -4.61. The number of nitrogens with zero attached hydrogens (tertiary/aromatic N) is 1. The molecule has 0 saturated carbocycles. The molecule has 0 rings (SSSR count). The fourth-order valence-electron chi connectivity index (χ4n) is 5.30. The van der Waals surface area contributed by atoms with E-state index >= 15 is 0 Å². The number of hydrogen-bond acceptors (Lipinski definition) is 8. The van der Waals surface area contributed by atoms with Crippen LogP contribution in [0.15, 0.2) is 0 Å². The summed E-state index contributed by atoms with van der Waals surface area (Å²) in [5.41, 5.74) is 0. The van der Waals surface area contributed by atoms with Gasteiger partial charge in [0, 0.05) is 12.8 Å². The predicted molar refractivity (Wildman–Crippen MR) is 190 cm³/mol. The van der Waals surface area contributed by atoms with Crippen LogP contribution in [0.3, 0.4) is 0 Å².